The van der Waals surface area contributed by atoms with E-state index in [0.29, 0.717) is 18.3 Å². The van der Waals surface area contributed by atoms with E-state index in [2.05, 4.69) is 42.7 Å². The average Bonchev–Trinajstić information content (AvgIpc) is 2.53. The smallest absolute Gasteiger partial charge is 0.162 e. The van der Waals surface area contributed by atoms with Gasteiger partial charge in [-0.3, -0.25) is 4.79 Å². The van der Waals surface area contributed by atoms with Gasteiger partial charge in [-0.05, 0) is 37.1 Å². The van der Waals surface area contributed by atoms with Gasteiger partial charge in [-0.15, -0.1) is 5.92 Å². The molecule has 1 fully saturated rings. The minimum Gasteiger partial charge on any atom is -0.371 e. The van der Waals surface area contributed by atoms with Crippen molar-refractivity contribution in [2.24, 2.45) is 11.8 Å². The first kappa shape index (κ1) is 15.6. The minimum absolute atomic E-state index is 0.212. The van der Waals surface area contributed by atoms with Gasteiger partial charge in [0.1, 0.15) is 0 Å². The number of hydrogen-bond acceptors (Lipinski definition) is 2. The summed E-state index contributed by atoms with van der Waals surface area (Å²) in [5.74, 6) is 7.92. The molecule has 2 nitrogen and oxygen atoms in total. The summed E-state index contributed by atoms with van der Waals surface area (Å²) < 4.78 is 0. The maximum atomic E-state index is 11.6. The average molecular weight is 283 g/mol. The Kier molecular flexibility index (Phi) is 5.44. The Morgan fingerprint density at radius 3 is 2.38 bits per heavy atom. The number of benzene rings is 1. The van der Waals surface area contributed by atoms with Crippen LogP contribution in [0, 0.1) is 23.7 Å². The Labute approximate surface area is 128 Å². The molecule has 0 aliphatic carbocycles. The van der Waals surface area contributed by atoms with E-state index >= 15 is 0 Å². The fraction of sp³-hybridized carbons (Fsp3) is 0.526. The van der Waals surface area contributed by atoms with Gasteiger partial charge in [0, 0.05) is 42.6 Å². The van der Waals surface area contributed by atoms with Gasteiger partial charge in [-0.25, -0.2) is 0 Å². The second kappa shape index (κ2) is 7.31. The molecule has 0 amide bonds. The number of carbonyl (C=O) groups is 1. The molecule has 1 aromatic carbocycles. The monoisotopic (exact) mass is 283 g/mol. The van der Waals surface area contributed by atoms with Gasteiger partial charge in [0.15, 0.2) is 5.78 Å². The third kappa shape index (κ3) is 4.36. The van der Waals surface area contributed by atoms with Crippen LogP contribution in [0.5, 0.6) is 0 Å². The summed E-state index contributed by atoms with van der Waals surface area (Å²) in [5.41, 5.74) is 2.04. The molecule has 1 saturated heterocycles. The van der Waals surface area contributed by atoms with Crippen molar-refractivity contribution in [3.8, 4) is 11.8 Å². The lowest BCUT2D eigenvalue weighted by atomic mass is 9.96. The van der Waals surface area contributed by atoms with Crippen molar-refractivity contribution in [3.63, 3.8) is 0 Å². The van der Waals surface area contributed by atoms with Crippen molar-refractivity contribution < 1.29 is 4.79 Å². The summed E-state index contributed by atoms with van der Waals surface area (Å²) in [6.07, 6.45) is 2.84. The molecular weight excluding hydrogens is 258 g/mol. The molecule has 2 heteroatoms. The number of carbonyl (C=O) groups excluding carboxylic acids is 1. The zero-order valence-corrected chi connectivity index (χ0v) is 13.4. The molecule has 1 aliphatic heterocycles. The summed E-state index contributed by atoms with van der Waals surface area (Å²) in [6, 6.07) is 8.05. The van der Waals surface area contributed by atoms with Crippen molar-refractivity contribution in [1.29, 1.82) is 0 Å². The highest BCUT2D eigenvalue weighted by atomic mass is 16.1. The fourth-order valence-corrected chi connectivity index (χ4v) is 2.63. The van der Waals surface area contributed by atoms with Gasteiger partial charge in [-0.1, -0.05) is 26.7 Å². The van der Waals surface area contributed by atoms with Gasteiger partial charge >= 0.3 is 0 Å². The largest absolute Gasteiger partial charge is 0.371 e. The zero-order chi connectivity index (χ0) is 15.2. The molecule has 1 aromatic rings. The van der Waals surface area contributed by atoms with E-state index in [0.717, 1.165) is 31.5 Å². The van der Waals surface area contributed by atoms with Gasteiger partial charge in [0.05, 0.1) is 0 Å². The van der Waals surface area contributed by atoms with Gasteiger partial charge in [0.25, 0.3) is 0 Å². The van der Waals surface area contributed by atoms with Crippen LogP contribution in [0.3, 0.4) is 0 Å². The van der Waals surface area contributed by atoms with Crippen LogP contribution >= 0.6 is 0 Å². The molecule has 0 radical (unpaired) electrons. The molecule has 112 valence electrons. The summed E-state index contributed by atoms with van der Waals surface area (Å²) in [5, 5.41) is 0. The lowest BCUT2D eigenvalue weighted by Crippen LogP contribution is -2.33. The lowest BCUT2D eigenvalue weighted by molar-refractivity contribution is 0.0988. The minimum atomic E-state index is 0.212. The Balaban J connectivity index is 1.93. The van der Waals surface area contributed by atoms with Crippen LogP contribution in [-0.2, 0) is 0 Å². The van der Waals surface area contributed by atoms with E-state index in [1.165, 1.54) is 5.69 Å². The Hall–Kier alpha value is -1.75. The van der Waals surface area contributed by atoms with E-state index in [9.17, 15) is 4.79 Å². The lowest BCUT2D eigenvalue weighted by Gasteiger charge is -2.31. The van der Waals surface area contributed by atoms with Crippen LogP contribution in [0.15, 0.2) is 24.3 Å². The molecule has 0 N–H and O–H groups in total. The SMILES string of the molecule is CCC(=O)c1ccc(N2CCC(C#CC(C)C)CC2)cc1. The van der Waals surface area contributed by atoms with E-state index in [1.54, 1.807) is 0 Å². The number of rotatable bonds is 3. The van der Waals surface area contributed by atoms with Crippen molar-refractivity contribution in [2.45, 2.75) is 40.0 Å². The molecule has 2 rings (SSSR count). The summed E-state index contributed by atoms with van der Waals surface area (Å²) in [4.78, 5) is 14.0. The highest BCUT2D eigenvalue weighted by Crippen LogP contribution is 2.23. The van der Waals surface area contributed by atoms with Crippen molar-refractivity contribution in [3.05, 3.63) is 29.8 Å². The molecule has 1 heterocycles. The summed E-state index contributed by atoms with van der Waals surface area (Å²) in [6.45, 7) is 8.29. The number of ketones is 1. The summed E-state index contributed by atoms with van der Waals surface area (Å²) >= 11 is 0. The van der Waals surface area contributed by atoms with Crippen LogP contribution < -0.4 is 4.90 Å². The second-order valence-electron chi connectivity index (χ2n) is 6.03. The summed E-state index contributed by atoms with van der Waals surface area (Å²) in [7, 11) is 0. The van der Waals surface area contributed by atoms with Crippen molar-refractivity contribution in [2.75, 3.05) is 18.0 Å². The molecule has 21 heavy (non-hydrogen) atoms. The Morgan fingerprint density at radius 1 is 1.24 bits per heavy atom. The topological polar surface area (TPSA) is 20.3 Å². The highest BCUT2D eigenvalue weighted by molar-refractivity contribution is 5.96. The maximum absolute atomic E-state index is 11.6. The van der Waals surface area contributed by atoms with Crippen molar-refractivity contribution >= 4 is 11.5 Å². The fourth-order valence-electron chi connectivity index (χ4n) is 2.63. The first-order valence-electron chi connectivity index (χ1n) is 7.99. The van der Waals surface area contributed by atoms with Crippen LogP contribution in [0.4, 0.5) is 5.69 Å². The van der Waals surface area contributed by atoms with Crippen LogP contribution in [0.2, 0.25) is 0 Å². The third-order valence-electron chi connectivity index (χ3n) is 3.95. The highest BCUT2D eigenvalue weighted by Gasteiger charge is 2.18. The van der Waals surface area contributed by atoms with E-state index < -0.39 is 0 Å². The van der Waals surface area contributed by atoms with Crippen LogP contribution in [0.25, 0.3) is 0 Å². The predicted octanol–water partition coefficient (Wildman–Crippen LogP) is 4.16. The molecule has 0 bridgehead atoms. The third-order valence-corrected chi connectivity index (χ3v) is 3.95. The van der Waals surface area contributed by atoms with E-state index in [4.69, 9.17) is 0 Å². The molecule has 0 aromatic heterocycles. The van der Waals surface area contributed by atoms with Gasteiger partial charge in [0.2, 0.25) is 0 Å². The Morgan fingerprint density at radius 2 is 1.86 bits per heavy atom. The molecule has 0 atom stereocenters. The van der Waals surface area contributed by atoms with E-state index in [1.807, 2.05) is 19.1 Å². The van der Waals surface area contributed by atoms with Crippen molar-refractivity contribution in [1.82, 2.24) is 0 Å². The maximum Gasteiger partial charge on any atom is 0.162 e. The van der Waals surface area contributed by atoms with E-state index in [-0.39, 0.29) is 5.78 Å². The standard InChI is InChI=1S/C19H25NO/c1-4-19(21)17-7-9-18(10-8-17)20-13-11-16(12-14-20)6-5-15(2)3/h7-10,15-16H,4,11-14H2,1-3H3. The second-order valence-corrected chi connectivity index (χ2v) is 6.03. The zero-order valence-electron chi connectivity index (χ0n) is 13.4. The Bertz CT molecular complexity index is 525. The first-order valence-corrected chi connectivity index (χ1v) is 7.99. The quantitative estimate of drug-likeness (QED) is 0.613. The molecule has 0 unspecified atom stereocenters. The first-order chi connectivity index (χ1) is 10.1. The number of nitrogens with zero attached hydrogens (tertiary/aromatic N) is 1. The number of Topliss-reactive ketones (excluding diaryl/α,β-unsaturated/α-hetero) is 1. The molecule has 0 saturated carbocycles. The predicted molar refractivity (Wildman–Crippen MR) is 88.6 cm³/mol. The molecule has 0 spiro atoms. The molecular formula is C19H25NO. The van der Waals surface area contributed by atoms with Gasteiger partial charge < -0.3 is 4.90 Å². The normalized spacial score (nSPS) is 15.7. The number of anilines is 1. The molecule has 1 aliphatic rings. The van der Waals surface area contributed by atoms with Crippen LogP contribution in [-0.4, -0.2) is 18.9 Å². The number of hydrogen-bond donors (Lipinski definition) is 0. The van der Waals surface area contributed by atoms with Gasteiger partial charge in [-0.2, -0.15) is 0 Å². The van der Waals surface area contributed by atoms with Crippen LogP contribution in [0.1, 0.15) is 50.4 Å². The number of piperidine rings is 1.